The number of hydrogen-bond donors (Lipinski definition) is 1. The van der Waals surface area contributed by atoms with Crippen molar-refractivity contribution in [2.45, 2.75) is 18.9 Å². The van der Waals surface area contributed by atoms with Crippen LogP contribution in [0.4, 0.5) is 17.6 Å². The molecule has 1 aromatic heterocycles. The van der Waals surface area contributed by atoms with Gasteiger partial charge in [-0.3, -0.25) is 0 Å². The SMILES string of the molecule is FC(F)C(F)(F)Cn1c(=S)[nH]c2cc(I)ccc21. The van der Waals surface area contributed by atoms with E-state index in [0.29, 0.717) is 11.0 Å². The Morgan fingerprint density at radius 3 is 2.67 bits per heavy atom. The monoisotopic (exact) mass is 390 g/mol. The van der Waals surface area contributed by atoms with E-state index in [0.717, 1.165) is 8.14 Å². The molecule has 0 amide bonds. The van der Waals surface area contributed by atoms with Crippen LogP contribution in [0.1, 0.15) is 0 Å². The van der Waals surface area contributed by atoms with E-state index in [4.69, 9.17) is 12.2 Å². The fourth-order valence-corrected chi connectivity index (χ4v) is 2.34. The molecule has 0 aliphatic rings. The van der Waals surface area contributed by atoms with Crippen molar-refractivity contribution in [3.63, 3.8) is 0 Å². The Bertz CT molecular complexity index is 634. The lowest BCUT2D eigenvalue weighted by atomic mass is 10.3. The summed E-state index contributed by atoms with van der Waals surface area (Å²) in [6.45, 7) is -1.13. The second kappa shape index (κ2) is 4.80. The van der Waals surface area contributed by atoms with Gasteiger partial charge in [-0.1, -0.05) is 0 Å². The topological polar surface area (TPSA) is 20.7 Å². The van der Waals surface area contributed by atoms with Crippen LogP contribution in [0.3, 0.4) is 0 Å². The average molecular weight is 390 g/mol. The summed E-state index contributed by atoms with van der Waals surface area (Å²) in [5, 5.41) is 0. The maximum atomic E-state index is 13.1. The zero-order valence-corrected chi connectivity index (χ0v) is 11.7. The summed E-state index contributed by atoms with van der Waals surface area (Å²) >= 11 is 6.93. The minimum atomic E-state index is -4.10. The minimum Gasteiger partial charge on any atom is -0.331 e. The second-order valence-electron chi connectivity index (χ2n) is 3.74. The summed E-state index contributed by atoms with van der Waals surface area (Å²) in [4.78, 5) is 2.72. The lowest BCUT2D eigenvalue weighted by molar-refractivity contribution is -0.137. The molecule has 0 aliphatic heterocycles. The number of halogens is 5. The Kier molecular flexibility index (Phi) is 3.67. The Morgan fingerprint density at radius 1 is 1.39 bits per heavy atom. The smallest absolute Gasteiger partial charge is 0.324 e. The summed E-state index contributed by atoms with van der Waals surface area (Å²) in [5.74, 6) is -4.10. The number of nitrogens with one attached hydrogen (secondary N) is 1. The molecule has 2 rings (SSSR count). The zero-order chi connectivity index (χ0) is 13.5. The molecule has 0 saturated heterocycles. The molecule has 2 nitrogen and oxygen atoms in total. The first-order valence-corrected chi connectivity index (χ1v) is 6.34. The zero-order valence-electron chi connectivity index (χ0n) is 8.76. The van der Waals surface area contributed by atoms with Crippen LogP contribution in [0.2, 0.25) is 0 Å². The summed E-state index contributed by atoms with van der Waals surface area (Å²) in [7, 11) is 0. The molecular formula is C10H7F4IN2S. The highest BCUT2D eigenvalue weighted by atomic mass is 127. The van der Waals surface area contributed by atoms with Crippen LogP contribution in [0.15, 0.2) is 18.2 Å². The van der Waals surface area contributed by atoms with Gasteiger partial charge in [-0.05, 0) is 53.0 Å². The van der Waals surface area contributed by atoms with Gasteiger partial charge < -0.3 is 9.55 Å². The average Bonchev–Trinajstić information content (AvgIpc) is 2.54. The third-order valence-electron chi connectivity index (χ3n) is 2.42. The van der Waals surface area contributed by atoms with Gasteiger partial charge in [-0.2, -0.15) is 8.78 Å². The molecule has 2 aromatic rings. The van der Waals surface area contributed by atoms with Gasteiger partial charge in [0, 0.05) is 3.57 Å². The summed E-state index contributed by atoms with van der Waals surface area (Å²) < 4.78 is 52.4. The van der Waals surface area contributed by atoms with Crippen LogP contribution in [-0.2, 0) is 6.54 Å². The molecule has 0 aliphatic carbocycles. The predicted molar refractivity (Wildman–Crippen MR) is 70.8 cm³/mol. The predicted octanol–water partition coefficient (Wildman–Crippen LogP) is 4.20. The van der Waals surface area contributed by atoms with E-state index in [2.05, 4.69) is 27.6 Å². The maximum Gasteiger partial charge on any atom is 0.324 e. The first-order valence-electron chi connectivity index (χ1n) is 4.85. The van der Waals surface area contributed by atoms with E-state index < -0.39 is 18.9 Å². The van der Waals surface area contributed by atoms with E-state index in [-0.39, 0.29) is 4.77 Å². The number of alkyl halides is 4. The number of rotatable bonds is 3. The lowest BCUT2D eigenvalue weighted by Gasteiger charge is -2.16. The number of H-pyrrole nitrogens is 1. The molecule has 0 radical (unpaired) electrons. The number of aromatic nitrogens is 2. The summed E-state index contributed by atoms with van der Waals surface area (Å²) in [6, 6.07) is 4.98. The molecule has 0 saturated carbocycles. The number of imidazole rings is 1. The second-order valence-corrected chi connectivity index (χ2v) is 5.37. The van der Waals surface area contributed by atoms with Gasteiger partial charge in [0.15, 0.2) is 4.77 Å². The Hall–Kier alpha value is -0.640. The fraction of sp³-hybridized carbons (Fsp3) is 0.300. The number of hydrogen-bond acceptors (Lipinski definition) is 1. The highest BCUT2D eigenvalue weighted by molar-refractivity contribution is 14.1. The molecular weight excluding hydrogens is 383 g/mol. The molecule has 98 valence electrons. The molecule has 8 heteroatoms. The van der Waals surface area contributed by atoms with Gasteiger partial charge in [0.25, 0.3) is 0 Å². The van der Waals surface area contributed by atoms with Crippen molar-refractivity contribution in [1.82, 2.24) is 9.55 Å². The van der Waals surface area contributed by atoms with E-state index in [9.17, 15) is 17.6 Å². The Labute approximate surface area is 118 Å². The third kappa shape index (κ3) is 2.53. The van der Waals surface area contributed by atoms with Crippen molar-refractivity contribution in [3.8, 4) is 0 Å². The molecule has 18 heavy (non-hydrogen) atoms. The van der Waals surface area contributed by atoms with Crippen molar-refractivity contribution >= 4 is 45.8 Å². The van der Waals surface area contributed by atoms with E-state index in [1.807, 2.05) is 0 Å². The molecule has 1 aromatic carbocycles. The number of benzene rings is 1. The van der Waals surface area contributed by atoms with Crippen LogP contribution in [0.5, 0.6) is 0 Å². The quantitative estimate of drug-likeness (QED) is 0.473. The highest BCUT2D eigenvalue weighted by Gasteiger charge is 2.41. The van der Waals surface area contributed by atoms with Crippen LogP contribution in [0.25, 0.3) is 11.0 Å². The normalized spacial score (nSPS) is 12.6. The maximum absolute atomic E-state index is 13.1. The first-order chi connectivity index (χ1) is 8.31. The van der Waals surface area contributed by atoms with Crippen LogP contribution in [-0.4, -0.2) is 21.9 Å². The Balaban J connectivity index is 2.52. The molecule has 1 heterocycles. The van der Waals surface area contributed by atoms with Crippen molar-refractivity contribution in [2.24, 2.45) is 0 Å². The highest BCUT2D eigenvalue weighted by Crippen LogP contribution is 2.27. The number of nitrogens with zero attached hydrogens (tertiary/aromatic N) is 1. The molecule has 0 bridgehead atoms. The van der Waals surface area contributed by atoms with Gasteiger partial charge in [-0.15, -0.1) is 0 Å². The largest absolute Gasteiger partial charge is 0.331 e. The van der Waals surface area contributed by atoms with Crippen LogP contribution < -0.4 is 0 Å². The minimum absolute atomic E-state index is 0.00678. The van der Waals surface area contributed by atoms with Gasteiger partial charge in [0.2, 0.25) is 0 Å². The molecule has 0 unspecified atom stereocenters. The van der Waals surface area contributed by atoms with Crippen molar-refractivity contribution in [1.29, 1.82) is 0 Å². The van der Waals surface area contributed by atoms with Gasteiger partial charge in [-0.25, -0.2) is 8.78 Å². The lowest BCUT2D eigenvalue weighted by Crippen LogP contribution is -2.32. The van der Waals surface area contributed by atoms with E-state index in [1.54, 1.807) is 18.2 Å². The van der Waals surface area contributed by atoms with Crippen LogP contribution >= 0.6 is 34.8 Å². The third-order valence-corrected chi connectivity index (χ3v) is 3.42. The number of fused-ring (bicyclic) bond motifs is 1. The van der Waals surface area contributed by atoms with E-state index in [1.165, 1.54) is 0 Å². The molecule has 0 fully saturated rings. The van der Waals surface area contributed by atoms with E-state index >= 15 is 0 Å². The summed E-state index contributed by atoms with van der Waals surface area (Å²) in [5.41, 5.74) is 0.942. The fourth-order valence-electron chi connectivity index (χ4n) is 1.57. The Morgan fingerprint density at radius 2 is 2.06 bits per heavy atom. The molecule has 0 atom stereocenters. The van der Waals surface area contributed by atoms with Crippen molar-refractivity contribution in [3.05, 3.63) is 26.5 Å². The standard InChI is InChI=1S/C10H7F4IN2S/c11-8(12)10(13,14)4-17-7-2-1-5(15)3-6(7)16-9(17)18/h1-3,8H,4H2,(H,16,18). The van der Waals surface area contributed by atoms with Gasteiger partial charge in [0.1, 0.15) is 0 Å². The first kappa shape index (κ1) is 13.8. The molecule has 0 spiro atoms. The number of aromatic amines is 1. The molecule has 1 N–H and O–H groups in total. The van der Waals surface area contributed by atoms with Crippen LogP contribution in [0, 0.1) is 8.34 Å². The van der Waals surface area contributed by atoms with Crippen molar-refractivity contribution < 1.29 is 17.6 Å². The van der Waals surface area contributed by atoms with Gasteiger partial charge >= 0.3 is 12.3 Å². The van der Waals surface area contributed by atoms with Gasteiger partial charge in [0.05, 0.1) is 17.6 Å². The van der Waals surface area contributed by atoms with Crippen molar-refractivity contribution in [2.75, 3.05) is 0 Å². The summed E-state index contributed by atoms with van der Waals surface area (Å²) in [6.07, 6.45) is -3.71.